The van der Waals surface area contributed by atoms with Crippen molar-refractivity contribution in [3.63, 3.8) is 0 Å². The van der Waals surface area contributed by atoms with Gasteiger partial charge in [-0.2, -0.15) is 0 Å². The quantitative estimate of drug-likeness (QED) is 0.879. The molecule has 3 rings (SSSR count). The summed E-state index contributed by atoms with van der Waals surface area (Å²) in [5, 5.41) is 10.7. The second-order valence-corrected chi connectivity index (χ2v) is 5.98. The van der Waals surface area contributed by atoms with Gasteiger partial charge in [0, 0.05) is 28.7 Å². The Labute approximate surface area is 114 Å². The molecule has 1 aromatic carbocycles. The van der Waals surface area contributed by atoms with Crippen LogP contribution in [0.2, 0.25) is 0 Å². The number of benzene rings is 1. The highest BCUT2D eigenvalue weighted by atomic mass is 16.5. The lowest BCUT2D eigenvalue weighted by Crippen LogP contribution is -2.41. The highest BCUT2D eigenvalue weighted by molar-refractivity contribution is 5.57. The average molecular weight is 261 g/mol. The first-order valence-corrected chi connectivity index (χ1v) is 7.34. The topological polar surface area (TPSA) is 55.5 Å². The second kappa shape index (κ2) is 4.71. The maximum atomic E-state index is 10.7. The lowest BCUT2D eigenvalue weighted by atomic mass is 9.63. The number of rotatable bonds is 3. The van der Waals surface area contributed by atoms with Crippen molar-refractivity contribution in [1.82, 2.24) is 0 Å². The molecular formula is C16H23NO2. The predicted molar refractivity (Wildman–Crippen MR) is 75.9 cm³/mol. The minimum Gasteiger partial charge on any atom is -0.507 e. The van der Waals surface area contributed by atoms with Gasteiger partial charge in [-0.15, -0.1) is 0 Å². The van der Waals surface area contributed by atoms with Gasteiger partial charge in [-0.05, 0) is 44.6 Å². The van der Waals surface area contributed by atoms with E-state index in [9.17, 15) is 5.11 Å². The van der Waals surface area contributed by atoms with Crippen molar-refractivity contribution in [1.29, 1.82) is 0 Å². The Hall–Kier alpha value is -1.22. The molecule has 0 atom stereocenters. The Balaban J connectivity index is 2.15. The van der Waals surface area contributed by atoms with Gasteiger partial charge in [0.1, 0.15) is 11.5 Å². The van der Waals surface area contributed by atoms with Crippen LogP contribution in [0.15, 0.2) is 6.07 Å². The van der Waals surface area contributed by atoms with Crippen LogP contribution >= 0.6 is 0 Å². The molecule has 3 N–H and O–H groups in total. The summed E-state index contributed by atoms with van der Waals surface area (Å²) in [6, 6.07) is 2.05. The molecule has 0 amide bonds. The molecule has 0 bridgehead atoms. The normalized spacial score (nSPS) is 20.5. The van der Waals surface area contributed by atoms with Crippen LogP contribution in [0.4, 0.5) is 0 Å². The molecule has 1 fully saturated rings. The number of fused-ring (bicyclic) bond motifs is 1. The van der Waals surface area contributed by atoms with Crippen LogP contribution in [0.1, 0.15) is 48.8 Å². The van der Waals surface area contributed by atoms with E-state index in [1.165, 1.54) is 18.4 Å². The minimum atomic E-state index is -0.0101. The Morgan fingerprint density at radius 3 is 2.42 bits per heavy atom. The second-order valence-electron chi connectivity index (χ2n) is 5.98. The maximum Gasteiger partial charge on any atom is 0.123 e. The number of ether oxygens (including phenoxy) is 1. The average Bonchev–Trinajstić information content (AvgIpc) is 2.41. The fourth-order valence-corrected chi connectivity index (χ4v) is 3.66. The first-order chi connectivity index (χ1) is 9.22. The number of aromatic hydroxyl groups is 1. The summed E-state index contributed by atoms with van der Waals surface area (Å²) < 4.78 is 5.56. The van der Waals surface area contributed by atoms with Gasteiger partial charge >= 0.3 is 0 Å². The van der Waals surface area contributed by atoms with Crippen molar-refractivity contribution in [2.75, 3.05) is 13.7 Å². The maximum absolute atomic E-state index is 10.7. The third-order valence-electron chi connectivity index (χ3n) is 5.07. The lowest BCUT2D eigenvalue weighted by molar-refractivity contribution is 0.243. The Morgan fingerprint density at radius 2 is 1.89 bits per heavy atom. The number of methoxy groups -OCH3 is 1. The Bertz CT molecular complexity index is 487. The number of hydrogen-bond acceptors (Lipinski definition) is 3. The molecule has 0 aromatic heterocycles. The van der Waals surface area contributed by atoms with Crippen molar-refractivity contribution in [2.45, 2.75) is 50.4 Å². The first kappa shape index (κ1) is 12.8. The predicted octanol–water partition coefficient (Wildman–Crippen LogP) is 2.66. The zero-order valence-corrected chi connectivity index (χ0v) is 11.7. The van der Waals surface area contributed by atoms with Crippen LogP contribution in [0.25, 0.3) is 0 Å². The lowest BCUT2D eigenvalue weighted by Gasteiger charge is -2.42. The molecule has 1 saturated carbocycles. The van der Waals surface area contributed by atoms with Gasteiger partial charge in [-0.1, -0.05) is 6.42 Å². The SMILES string of the molecule is COc1cc(C2(CN)CCC2)c(O)c2c1CCCC2. The van der Waals surface area contributed by atoms with Gasteiger partial charge in [0.05, 0.1) is 7.11 Å². The van der Waals surface area contributed by atoms with Gasteiger partial charge in [0.2, 0.25) is 0 Å². The van der Waals surface area contributed by atoms with E-state index in [2.05, 4.69) is 0 Å². The highest BCUT2D eigenvalue weighted by Crippen LogP contribution is 2.50. The third kappa shape index (κ3) is 1.83. The molecule has 0 aliphatic heterocycles. The molecule has 2 aliphatic carbocycles. The fraction of sp³-hybridized carbons (Fsp3) is 0.625. The summed E-state index contributed by atoms with van der Waals surface area (Å²) in [5.74, 6) is 1.45. The molecule has 0 saturated heterocycles. The van der Waals surface area contributed by atoms with Gasteiger partial charge < -0.3 is 15.6 Å². The van der Waals surface area contributed by atoms with Crippen LogP contribution in [0.3, 0.4) is 0 Å². The molecule has 2 aliphatic rings. The van der Waals surface area contributed by atoms with Crippen LogP contribution in [0.5, 0.6) is 11.5 Å². The molecule has 1 aromatic rings. The van der Waals surface area contributed by atoms with Gasteiger partial charge in [0.15, 0.2) is 0 Å². The van der Waals surface area contributed by atoms with E-state index in [1.54, 1.807) is 7.11 Å². The molecular weight excluding hydrogens is 238 g/mol. The number of phenolic OH excluding ortho intramolecular Hbond substituents is 1. The summed E-state index contributed by atoms with van der Waals surface area (Å²) >= 11 is 0. The largest absolute Gasteiger partial charge is 0.507 e. The molecule has 0 radical (unpaired) electrons. The number of nitrogens with two attached hydrogens (primary N) is 1. The van der Waals surface area contributed by atoms with Crippen LogP contribution < -0.4 is 10.5 Å². The zero-order chi connectivity index (χ0) is 13.5. The summed E-state index contributed by atoms with van der Waals surface area (Å²) in [5.41, 5.74) is 9.32. The number of phenols is 1. The fourth-order valence-electron chi connectivity index (χ4n) is 3.66. The van der Waals surface area contributed by atoms with E-state index in [0.717, 1.165) is 49.0 Å². The Morgan fingerprint density at radius 1 is 1.21 bits per heavy atom. The van der Waals surface area contributed by atoms with E-state index in [1.807, 2.05) is 6.07 Å². The third-order valence-corrected chi connectivity index (χ3v) is 5.07. The van der Waals surface area contributed by atoms with Gasteiger partial charge in [-0.3, -0.25) is 0 Å². The van der Waals surface area contributed by atoms with E-state index < -0.39 is 0 Å². The first-order valence-electron chi connectivity index (χ1n) is 7.34. The van der Waals surface area contributed by atoms with Crippen molar-refractivity contribution < 1.29 is 9.84 Å². The van der Waals surface area contributed by atoms with Gasteiger partial charge in [-0.25, -0.2) is 0 Å². The van der Waals surface area contributed by atoms with Crippen LogP contribution in [-0.2, 0) is 18.3 Å². The summed E-state index contributed by atoms with van der Waals surface area (Å²) in [6.45, 7) is 0.614. The van der Waals surface area contributed by atoms with Gasteiger partial charge in [0.25, 0.3) is 0 Å². The highest BCUT2D eigenvalue weighted by Gasteiger charge is 2.40. The summed E-state index contributed by atoms with van der Waals surface area (Å²) in [6.07, 6.45) is 7.69. The number of hydrogen-bond donors (Lipinski definition) is 2. The van der Waals surface area contributed by atoms with Crippen LogP contribution in [-0.4, -0.2) is 18.8 Å². The summed E-state index contributed by atoms with van der Waals surface area (Å²) in [7, 11) is 1.72. The van der Waals surface area contributed by atoms with Crippen molar-refractivity contribution in [3.8, 4) is 11.5 Å². The minimum absolute atomic E-state index is 0.0101. The van der Waals surface area contributed by atoms with E-state index in [0.29, 0.717) is 12.3 Å². The van der Waals surface area contributed by atoms with E-state index in [4.69, 9.17) is 10.5 Å². The van der Waals surface area contributed by atoms with Crippen molar-refractivity contribution in [2.24, 2.45) is 5.73 Å². The molecule has 0 unspecified atom stereocenters. The Kier molecular flexibility index (Phi) is 3.17. The molecule has 3 heteroatoms. The van der Waals surface area contributed by atoms with Crippen molar-refractivity contribution >= 4 is 0 Å². The van der Waals surface area contributed by atoms with E-state index >= 15 is 0 Å². The molecule has 104 valence electrons. The smallest absolute Gasteiger partial charge is 0.123 e. The standard InChI is InChI=1S/C16H23NO2/c1-19-14-9-13(16(10-17)7-4-8-16)15(18)12-6-3-2-5-11(12)14/h9,18H,2-8,10,17H2,1H3. The molecule has 0 heterocycles. The van der Waals surface area contributed by atoms with E-state index in [-0.39, 0.29) is 5.41 Å². The monoisotopic (exact) mass is 261 g/mol. The van der Waals surface area contributed by atoms with Crippen LogP contribution in [0, 0.1) is 0 Å². The summed E-state index contributed by atoms with van der Waals surface area (Å²) in [4.78, 5) is 0. The molecule has 3 nitrogen and oxygen atoms in total. The molecule has 19 heavy (non-hydrogen) atoms. The molecule has 0 spiro atoms. The van der Waals surface area contributed by atoms with Crippen molar-refractivity contribution in [3.05, 3.63) is 22.8 Å². The zero-order valence-electron chi connectivity index (χ0n) is 11.7.